The van der Waals surface area contributed by atoms with Crippen molar-refractivity contribution in [1.29, 1.82) is 0 Å². The summed E-state index contributed by atoms with van der Waals surface area (Å²) in [7, 11) is 0. The van der Waals surface area contributed by atoms with Crippen molar-refractivity contribution >= 4 is 29.5 Å². The minimum Gasteiger partial charge on any atom is -0.457 e. The Balaban J connectivity index is 1.59. The molecule has 4 nitrogen and oxygen atoms in total. The highest BCUT2D eigenvalue weighted by Crippen LogP contribution is 2.27. The van der Waals surface area contributed by atoms with Gasteiger partial charge in [0, 0.05) is 22.2 Å². The third-order valence-electron chi connectivity index (χ3n) is 4.46. The van der Waals surface area contributed by atoms with E-state index < -0.39 is 5.97 Å². The zero-order valence-electron chi connectivity index (χ0n) is 15.5. The Morgan fingerprint density at radius 2 is 1.79 bits per heavy atom. The Morgan fingerprint density at radius 3 is 2.50 bits per heavy atom. The van der Waals surface area contributed by atoms with Crippen molar-refractivity contribution in [3.63, 3.8) is 0 Å². The van der Waals surface area contributed by atoms with E-state index in [-0.39, 0.29) is 5.70 Å². The fourth-order valence-electron chi connectivity index (χ4n) is 2.91. The number of furan rings is 1. The van der Waals surface area contributed by atoms with Crippen molar-refractivity contribution in [1.82, 2.24) is 0 Å². The van der Waals surface area contributed by atoms with Crippen LogP contribution in [0.5, 0.6) is 0 Å². The van der Waals surface area contributed by atoms with Crippen molar-refractivity contribution in [2.75, 3.05) is 0 Å². The lowest BCUT2D eigenvalue weighted by Crippen LogP contribution is -2.05. The topological polar surface area (TPSA) is 51.8 Å². The Labute approximate surface area is 168 Å². The van der Waals surface area contributed by atoms with Crippen molar-refractivity contribution in [3.8, 4) is 11.3 Å². The zero-order chi connectivity index (χ0) is 19.7. The average Bonchev–Trinajstić information content (AvgIpc) is 3.29. The first-order chi connectivity index (χ1) is 13.5. The molecule has 1 aliphatic heterocycles. The number of benzene rings is 2. The number of halogens is 1. The van der Waals surface area contributed by atoms with Gasteiger partial charge >= 0.3 is 5.97 Å². The van der Waals surface area contributed by atoms with Crippen LogP contribution in [-0.4, -0.2) is 11.9 Å². The molecule has 0 atom stereocenters. The summed E-state index contributed by atoms with van der Waals surface area (Å²) in [5.74, 6) is 1.42. The van der Waals surface area contributed by atoms with Crippen LogP contribution in [0.3, 0.4) is 0 Å². The third-order valence-corrected chi connectivity index (χ3v) is 4.69. The van der Waals surface area contributed by atoms with Gasteiger partial charge in [-0.3, -0.25) is 0 Å². The smallest absolute Gasteiger partial charge is 0.363 e. The minimum absolute atomic E-state index is 0.204. The summed E-state index contributed by atoms with van der Waals surface area (Å²) in [5.41, 5.74) is 3.05. The number of carbonyl (C=O) groups is 1. The molecule has 0 fully saturated rings. The van der Waals surface area contributed by atoms with Gasteiger partial charge in [0.1, 0.15) is 11.5 Å². The fourth-order valence-corrected chi connectivity index (χ4v) is 3.10. The predicted molar refractivity (Wildman–Crippen MR) is 110 cm³/mol. The van der Waals surface area contributed by atoms with Crippen molar-refractivity contribution in [2.45, 2.75) is 19.8 Å². The summed E-state index contributed by atoms with van der Waals surface area (Å²) in [4.78, 5) is 16.5. The molecule has 0 saturated carbocycles. The normalized spacial score (nSPS) is 15.2. The number of ether oxygens (including phenoxy) is 1. The van der Waals surface area contributed by atoms with Gasteiger partial charge < -0.3 is 9.15 Å². The van der Waals surface area contributed by atoms with Crippen LogP contribution in [0, 0.1) is 0 Å². The van der Waals surface area contributed by atoms with E-state index >= 15 is 0 Å². The lowest BCUT2D eigenvalue weighted by molar-refractivity contribution is -0.129. The SMILES string of the molecule is CC(C)c1ccc(C2=N/C(=C\c3ccc(-c4cccc(Cl)c4)o3)C(=O)O2)cc1. The lowest BCUT2D eigenvalue weighted by atomic mass is 10.0. The molecule has 0 unspecified atom stereocenters. The molecule has 1 aliphatic rings. The largest absolute Gasteiger partial charge is 0.457 e. The molecule has 5 heteroatoms. The van der Waals surface area contributed by atoms with Gasteiger partial charge in [-0.05, 0) is 47.9 Å². The number of rotatable bonds is 4. The van der Waals surface area contributed by atoms with E-state index in [0.717, 1.165) is 11.1 Å². The molecule has 0 amide bonds. The van der Waals surface area contributed by atoms with Crippen LogP contribution < -0.4 is 0 Å². The quantitative estimate of drug-likeness (QED) is 0.400. The average molecular weight is 392 g/mol. The van der Waals surface area contributed by atoms with Crippen molar-refractivity contribution in [3.05, 3.63) is 88.3 Å². The molecule has 3 aromatic rings. The summed E-state index contributed by atoms with van der Waals surface area (Å²) in [6.07, 6.45) is 1.58. The summed E-state index contributed by atoms with van der Waals surface area (Å²) in [5, 5.41) is 0.630. The highest BCUT2D eigenvalue weighted by atomic mass is 35.5. The molecule has 1 aromatic heterocycles. The molecule has 4 rings (SSSR count). The highest BCUT2D eigenvalue weighted by Gasteiger charge is 2.24. The van der Waals surface area contributed by atoms with Gasteiger partial charge in [0.15, 0.2) is 5.70 Å². The Morgan fingerprint density at radius 1 is 1.00 bits per heavy atom. The monoisotopic (exact) mass is 391 g/mol. The maximum Gasteiger partial charge on any atom is 0.363 e. The molecule has 2 aromatic carbocycles. The van der Waals surface area contributed by atoms with E-state index in [9.17, 15) is 4.79 Å². The van der Waals surface area contributed by atoms with Gasteiger partial charge in [-0.1, -0.05) is 49.7 Å². The summed E-state index contributed by atoms with van der Waals surface area (Å²) in [6.45, 7) is 4.26. The van der Waals surface area contributed by atoms with Crippen molar-refractivity contribution in [2.24, 2.45) is 4.99 Å². The van der Waals surface area contributed by atoms with Gasteiger partial charge in [-0.2, -0.15) is 0 Å². The number of cyclic esters (lactones) is 1. The molecule has 2 heterocycles. The van der Waals surface area contributed by atoms with Crippen LogP contribution in [0.1, 0.15) is 36.7 Å². The number of hydrogen-bond donors (Lipinski definition) is 0. The van der Waals surface area contributed by atoms with Gasteiger partial charge in [-0.25, -0.2) is 9.79 Å². The van der Waals surface area contributed by atoms with E-state index in [2.05, 4.69) is 18.8 Å². The number of hydrogen-bond acceptors (Lipinski definition) is 4. The van der Waals surface area contributed by atoms with E-state index in [1.165, 1.54) is 5.56 Å². The molecule has 0 saturated heterocycles. The third kappa shape index (κ3) is 3.78. The highest BCUT2D eigenvalue weighted by molar-refractivity contribution is 6.30. The van der Waals surface area contributed by atoms with Crippen LogP contribution in [0.2, 0.25) is 5.02 Å². The molecule has 0 aliphatic carbocycles. The second-order valence-electron chi connectivity index (χ2n) is 6.83. The van der Waals surface area contributed by atoms with E-state index in [1.54, 1.807) is 18.2 Å². The summed E-state index contributed by atoms with van der Waals surface area (Å²) < 4.78 is 11.1. The molecule has 28 heavy (non-hydrogen) atoms. The molecule has 0 N–H and O–H groups in total. The molecule has 0 spiro atoms. The first-order valence-electron chi connectivity index (χ1n) is 8.98. The first-order valence-corrected chi connectivity index (χ1v) is 9.36. The second kappa shape index (κ2) is 7.49. The number of nitrogens with zero attached hydrogens (tertiary/aromatic N) is 1. The van der Waals surface area contributed by atoms with Crippen LogP contribution in [-0.2, 0) is 9.53 Å². The van der Waals surface area contributed by atoms with Crippen molar-refractivity contribution < 1.29 is 13.9 Å². The van der Waals surface area contributed by atoms with E-state index in [0.29, 0.717) is 28.4 Å². The first kappa shape index (κ1) is 18.3. The zero-order valence-corrected chi connectivity index (χ0v) is 16.2. The van der Waals surface area contributed by atoms with Gasteiger partial charge in [0.2, 0.25) is 5.90 Å². The minimum atomic E-state index is -0.497. The standard InChI is InChI=1S/C23H18ClNO3/c1-14(2)15-6-8-16(9-7-15)22-25-20(23(26)28-22)13-19-10-11-21(27-19)17-4-3-5-18(24)12-17/h3-14H,1-2H3/b20-13-. The van der Waals surface area contributed by atoms with Gasteiger partial charge in [0.25, 0.3) is 0 Å². The number of carbonyl (C=O) groups excluding carboxylic acids is 1. The summed E-state index contributed by atoms with van der Waals surface area (Å²) >= 11 is 6.03. The number of aliphatic imine (C=N–C) groups is 1. The molecule has 0 radical (unpaired) electrons. The van der Waals surface area contributed by atoms with Crippen LogP contribution >= 0.6 is 11.6 Å². The molecule has 140 valence electrons. The predicted octanol–water partition coefficient (Wildman–Crippen LogP) is 6.07. The van der Waals surface area contributed by atoms with E-state index in [1.807, 2.05) is 48.5 Å². The molecular formula is C23H18ClNO3. The maximum absolute atomic E-state index is 12.2. The Bertz CT molecular complexity index is 1090. The Hall–Kier alpha value is -3.11. The van der Waals surface area contributed by atoms with Crippen LogP contribution in [0.15, 0.2) is 75.8 Å². The van der Waals surface area contributed by atoms with Gasteiger partial charge in [0.05, 0.1) is 0 Å². The second-order valence-corrected chi connectivity index (χ2v) is 7.26. The van der Waals surface area contributed by atoms with Gasteiger partial charge in [-0.15, -0.1) is 0 Å². The maximum atomic E-state index is 12.2. The summed E-state index contributed by atoms with van der Waals surface area (Å²) in [6, 6.07) is 18.8. The molecular weight excluding hydrogens is 374 g/mol. The van der Waals surface area contributed by atoms with E-state index in [4.69, 9.17) is 20.8 Å². The fraction of sp³-hybridized carbons (Fsp3) is 0.130. The lowest BCUT2D eigenvalue weighted by Gasteiger charge is -2.05. The van der Waals surface area contributed by atoms with Crippen LogP contribution in [0.4, 0.5) is 0 Å². The Kier molecular flexibility index (Phi) is 4.88. The van der Waals surface area contributed by atoms with Crippen LogP contribution in [0.25, 0.3) is 17.4 Å². The number of esters is 1. The molecule has 0 bridgehead atoms.